The smallest absolute Gasteiger partial charge is 0.0149 e. The quantitative estimate of drug-likeness (QED) is 0.0580. The monoisotopic (exact) mass is 925 g/mol. The Morgan fingerprint density at radius 3 is 0.836 bits per heavy atom. The first-order valence-electron chi connectivity index (χ1n) is 31.2. The largest absolute Gasteiger partial charge is 0.0654 e. The number of rotatable bonds is 50. The van der Waals surface area contributed by atoms with E-state index < -0.39 is 0 Å². The number of hydrogen-bond donors (Lipinski definition) is 0. The van der Waals surface area contributed by atoms with Crippen molar-refractivity contribution in [1.29, 1.82) is 0 Å². The normalized spacial score (nSPS) is 11.9. The molecule has 67 heavy (non-hydrogen) atoms. The summed E-state index contributed by atoms with van der Waals surface area (Å²) in [5, 5.41) is 0. The second-order valence-corrected chi connectivity index (χ2v) is 22.7. The molecule has 0 heterocycles. The fourth-order valence-electron chi connectivity index (χ4n) is 11.5. The van der Waals surface area contributed by atoms with Gasteiger partial charge < -0.3 is 0 Å². The van der Waals surface area contributed by atoms with Gasteiger partial charge in [-0.05, 0) is 84.7 Å². The summed E-state index contributed by atoms with van der Waals surface area (Å²) in [7, 11) is 0. The molecule has 0 nitrogen and oxygen atoms in total. The molecule has 0 aliphatic heterocycles. The summed E-state index contributed by atoms with van der Waals surface area (Å²) in [6, 6.07) is 14.5. The molecule has 0 spiro atoms. The molecule has 0 N–H and O–H groups in total. The molecule has 0 radical (unpaired) electrons. The van der Waals surface area contributed by atoms with E-state index in [1.807, 2.05) is 11.1 Å². The minimum atomic E-state index is 0.00119. The minimum Gasteiger partial charge on any atom is -0.0654 e. The molecule has 2 aromatic rings. The van der Waals surface area contributed by atoms with E-state index in [0.29, 0.717) is 0 Å². The highest BCUT2D eigenvalue weighted by atomic mass is 14.3. The highest BCUT2D eigenvalue weighted by molar-refractivity contribution is 5.52. The van der Waals surface area contributed by atoms with Crippen molar-refractivity contribution in [3.63, 3.8) is 0 Å². The van der Waals surface area contributed by atoms with Gasteiger partial charge in [-0.3, -0.25) is 0 Å². The fraction of sp³-hybridized carbons (Fsp3) is 0.821. The van der Waals surface area contributed by atoms with Crippen LogP contribution in [0.15, 0.2) is 36.4 Å². The Morgan fingerprint density at radius 1 is 0.269 bits per heavy atom. The van der Waals surface area contributed by atoms with Crippen LogP contribution < -0.4 is 0 Å². The minimum absolute atomic E-state index is 0.00119. The van der Waals surface area contributed by atoms with Crippen LogP contribution in [0.3, 0.4) is 0 Å². The average molecular weight is 926 g/mol. The molecule has 0 aliphatic carbocycles. The molecular formula is C67H120. The van der Waals surface area contributed by atoms with Crippen LogP contribution in [-0.4, -0.2) is 0 Å². The first-order valence-corrected chi connectivity index (χ1v) is 31.2. The van der Waals surface area contributed by atoms with Crippen LogP contribution in [-0.2, 0) is 31.1 Å². The van der Waals surface area contributed by atoms with E-state index in [1.165, 1.54) is 314 Å². The van der Waals surface area contributed by atoms with Gasteiger partial charge in [0.05, 0.1) is 0 Å². The summed E-state index contributed by atoms with van der Waals surface area (Å²) < 4.78 is 0. The van der Waals surface area contributed by atoms with Gasteiger partial charge in [-0.2, -0.15) is 0 Å². The third kappa shape index (κ3) is 30.7. The SMILES string of the molecule is CCCCCCCCCCCCCc1cc(C(C)(C)c2ccccc2)c(CCCCCCCCCCCCC)c(CCCCCCCCCCCCC)c1CCCCCCCCCCCCC. The Morgan fingerprint density at radius 2 is 0.522 bits per heavy atom. The number of hydrogen-bond acceptors (Lipinski definition) is 0. The first kappa shape index (κ1) is 61.6. The topological polar surface area (TPSA) is 0 Å². The summed E-state index contributed by atoms with van der Waals surface area (Å²) in [4.78, 5) is 0. The fourth-order valence-corrected chi connectivity index (χ4v) is 11.5. The predicted molar refractivity (Wildman–Crippen MR) is 306 cm³/mol. The summed E-state index contributed by atoms with van der Waals surface area (Å²) in [6.45, 7) is 14.5. The summed E-state index contributed by atoms with van der Waals surface area (Å²) in [6.07, 6.45) is 67.9. The third-order valence-electron chi connectivity index (χ3n) is 16.1. The number of unbranched alkanes of at least 4 members (excludes halogenated alkanes) is 40. The molecule has 0 heteroatoms. The molecule has 0 unspecified atom stereocenters. The van der Waals surface area contributed by atoms with Crippen molar-refractivity contribution in [2.75, 3.05) is 0 Å². The molecule has 0 aliphatic rings. The van der Waals surface area contributed by atoms with Crippen LogP contribution in [0.5, 0.6) is 0 Å². The zero-order chi connectivity index (χ0) is 48.1. The lowest BCUT2D eigenvalue weighted by Crippen LogP contribution is -2.24. The van der Waals surface area contributed by atoms with Crippen LogP contribution >= 0.6 is 0 Å². The number of benzene rings is 2. The molecule has 0 fully saturated rings. The van der Waals surface area contributed by atoms with Gasteiger partial charge in [-0.1, -0.05) is 335 Å². The van der Waals surface area contributed by atoms with Crippen molar-refractivity contribution >= 4 is 0 Å². The van der Waals surface area contributed by atoms with E-state index in [9.17, 15) is 0 Å². The third-order valence-corrected chi connectivity index (χ3v) is 16.1. The van der Waals surface area contributed by atoms with Gasteiger partial charge in [0.1, 0.15) is 0 Å². The van der Waals surface area contributed by atoms with E-state index in [0.717, 1.165) is 0 Å². The second kappa shape index (κ2) is 44.4. The molecule has 0 amide bonds. The molecule has 0 atom stereocenters. The van der Waals surface area contributed by atoms with E-state index in [-0.39, 0.29) is 5.41 Å². The summed E-state index contributed by atoms with van der Waals surface area (Å²) >= 11 is 0. The zero-order valence-electron chi connectivity index (χ0n) is 46.9. The van der Waals surface area contributed by atoms with E-state index >= 15 is 0 Å². The lowest BCUT2D eigenvalue weighted by Gasteiger charge is -2.33. The molecule has 2 rings (SSSR count). The Kier molecular flexibility index (Phi) is 40.8. The van der Waals surface area contributed by atoms with Gasteiger partial charge in [0.15, 0.2) is 0 Å². The second-order valence-electron chi connectivity index (χ2n) is 22.7. The summed E-state index contributed by atoms with van der Waals surface area (Å²) in [5.74, 6) is 0. The Bertz CT molecular complexity index is 1330. The van der Waals surface area contributed by atoms with Crippen molar-refractivity contribution in [3.8, 4) is 0 Å². The van der Waals surface area contributed by atoms with E-state index in [2.05, 4.69) is 77.9 Å². The van der Waals surface area contributed by atoms with Crippen molar-refractivity contribution < 1.29 is 0 Å². The van der Waals surface area contributed by atoms with Crippen LogP contribution in [0.1, 0.15) is 357 Å². The van der Waals surface area contributed by atoms with E-state index in [4.69, 9.17) is 0 Å². The maximum absolute atomic E-state index is 2.83. The van der Waals surface area contributed by atoms with Gasteiger partial charge >= 0.3 is 0 Å². The number of aryl methyl sites for hydroxylation is 1. The predicted octanol–water partition coefficient (Wildman–Crippen LogP) is 23.4. The van der Waals surface area contributed by atoms with Gasteiger partial charge in [0, 0.05) is 5.41 Å². The van der Waals surface area contributed by atoms with Crippen molar-refractivity contribution in [1.82, 2.24) is 0 Å². The summed E-state index contributed by atoms with van der Waals surface area (Å²) in [5.41, 5.74) is 10.4. The maximum atomic E-state index is 2.83. The van der Waals surface area contributed by atoms with Gasteiger partial charge in [-0.15, -0.1) is 0 Å². The van der Waals surface area contributed by atoms with Gasteiger partial charge in [0.2, 0.25) is 0 Å². The molecule has 2 aromatic carbocycles. The highest BCUT2D eigenvalue weighted by Gasteiger charge is 2.29. The zero-order valence-corrected chi connectivity index (χ0v) is 46.9. The highest BCUT2D eigenvalue weighted by Crippen LogP contribution is 2.40. The standard InChI is InChI=1S/C67H120/c1-7-11-15-19-23-27-31-35-39-43-48-54-61-60-66(67(5,6)62-55-49-47-50-56-62)65(59-53-46-42-38-34-30-26-22-18-14-10-4)64(58-52-45-41-37-33-29-25-21-17-13-9-3)63(61)57-51-44-40-36-32-28-24-20-16-12-8-2/h47,49-50,55-56,60H,7-46,48,51-54,57-59H2,1-6H3. The maximum Gasteiger partial charge on any atom is 0.0149 e. The Hall–Kier alpha value is -1.56. The molecule has 0 saturated carbocycles. The van der Waals surface area contributed by atoms with Crippen molar-refractivity contribution in [2.45, 2.75) is 355 Å². The van der Waals surface area contributed by atoms with E-state index in [1.54, 1.807) is 16.7 Å². The lowest BCUT2D eigenvalue weighted by molar-refractivity contribution is 0.541. The average Bonchev–Trinajstić information content (AvgIpc) is 3.34. The van der Waals surface area contributed by atoms with Crippen LogP contribution in [0.2, 0.25) is 0 Å². The molecule has 0 bridgehead atoms. The lowest BCUT2D eigenvalue weighted by atomic mass is 9.71. The van der Waals surface area contributed by atoms with Crippen molar-refractivity contribution in [2.24, 2.45) is 0 Å². The molecule has 388 valence electrons. The van der Waals surface area contributed by atoms with Crippen LogP contribution in [0.4, 0.5) is 0 Å². The molecule has 0 saturated heterocycles. The first-order chi connectivity index (χ1) is 33.0. The van der Waals surface area contributed by atoms with Crippen molar-refractivity contribution in [3.05, 3.63) is 69.8 Å². The molecule has 0 aromatic heterocycles. The Labute approximate surface area is 423 Å². The Balaban J connectivity index is 2.34. The molecular weight excluding hydrogens is 805 g/mol. The van der Waals surface area contributed by atoms with Crippen LogP contribution in [0, 0.1) is 0 Å². The van der Waals surface area contributed by atoms with Gasteiger partial charge in [-0.25, -0.2) is 0 Å². The van der Waals surface area contributed by atoms with Crippen LogP contribution in [0.25, 0.3) is 0 Å². The van der Waals surface area contributed by atoms with Gasteiger partial charge in [0.25, 0.3) is 0 Å².